The van der Waals surface area contributed by atoms with Crippen molar-refractivity contribution >= 4 is 11.9 Å². The lowest BCUT2D eigenvalue weighted by atomic mass is 10.5. The van der Waals surface area contributed by atoms with Crippen LogP contribution in [0, 0.1) is 30.3 Å². The number of aromatic nitrogens is 6. The quantitative estimate of drug-likeness (QED) is 0.486. The summed E-state index contributed by atoms with van der Waals surface area (Å²) in [7, 11) is 0. The minimum atomic E-state index is -0.896. The zero-order valence-corrected chi connectivity index (χ0v) is 10.3. The van der Waals surface area contributed by atoms with E-state index in [9.17, 15) is 30.3 Å². The molecular formula is C6H4N10O6. The summed E-state index contributed by atoms with van der Waals surface area (Å²) < 4.78 is 1.72. The predicted molar refractivity (Wildman–Crippen MR) is 61.2 cm³/mol. The third kappa shape index (κ3) is 1.94. The van der Waals surface area contributed by atoms with Crippen LogP contribution in [0.25, 0.3) is 11.6 Å². The molecule has 0 saturated heterocycles. The van der Waals surface area contributed by atoms with Crippen LogP contribution in [0.3, 0.4) is 0 Å². The maximum atomic E-state index is 10.9. The highest BCUT2D eigenvalue weighted by atomic mass is 16.7. The van der Waals surface area contributed by atoms with Gasteiger partial charge in [0.15, 0.2) is 18.4 Å². The highest BCUT2D eigenvalue weighted by Crippen LogP contribution is 2.24. The average molecular weight is 312 g/mol. The second kappa shape index (κ2) is 4.40. The van der Waals surface area contributed by atoms with Crippen LogP contribution in [0.4, 0.5) is 11.9 Å². The average Bonchev–Trinajstić information content (AvgIpc) is 2.99. The molecule has 1 aliphatic rings. The van der Waals surface area contributed by atoms with Crippen molar-refractivity contribution in [2.24, 2.45) is 0 Å². The Kier molecular flexibility index (Phi) is 2.65. The molecule has 0 N–H and O–H groups in total. The number of hydrogen-bond donors (Lipinski definition) is 0. The van der Waals surface area contributed by atoms with Crippen LogP contribution in [0.5, 0.6) is 0 Å². The minimum Gasteiger partial charge on any atom is -0.390 e. The molecule has 16 heteroatoms. The van der Waals surface area contributed by atoms with Crippen LogP contribution in [0.2, 0.25) is 0 Å². The summed E-state index contributed by atoms with van der Waals surface area (Å²) in [4.78, 5) is 37.7. The lowest BCUT2D eigenvalue weighted by molar-refractivity contribution is -0.670. The summed E-state index contributed by atoms with van der Waals surface area (Å²) in [6.45, 7) is -0.913. The van der Waals surface area contributed by atoms with Crippen LogP contribution in [-0.2, 0) is 13.3 Å². The molecule has 0 spiro atoms. The normalized spacial score (nSPS) is 13.2. The predicted octanol–water partition coefficient (Wildman–Crippen LogP) is -1.22. The number of hydrazine groups is 1. The van der Waals surface area contributed by atoms with E-state index < -0.39 is 40.1 Å². The molecule has 0 aliphatic carbocycles. The Hall–Kier alpha value is -3.72. The molecule has 0 amide bonds. The lowest BCUT2D eigenvalue weighted by Gasteiger charge is -2.08. The molecule has 2 aromatic heterocycles. The van der Waals surface area contributed by atoms with Gasteiger partial charge < -0.3 is 20.2 Å². The van der Waals surface area contributed by atoms with Crippen molar-refractivity contribution in [3.05, 3.63) is 30.3 Å². The Balaban J connectivity index is 2.20. The van der Waals surface area contributed by atoms with Crippen molar-refractivity contribution in [3.8, 4) is 11.6 Å². The lowest BCUT2D eigenvalue weighted by Crippen LogP contribution is -2.33. The maximum Gasteiger partial charge on any atom is 0.491 e. The Morgan fingerprint density at radius 3 is 1.55 bits per heavy atom. The highest BCUT2D eigenvalue weighted by Gasteiger charge is 2.39. The van der Waals surface area contributed by atoms with Crippen molar-refractivity contribution < 1.29 is 14.9 Å². The molecule has 22 heavy (non-hydrogen) atoms. The van der Waals surface area contributed by atoms with Crippen molar-refractivity contribution in [1.29, 1.82) is 0 Å². The van der Waals surface area contributed by atoms with Gasteiger partial charge in [0.1, 0.15) is 0 Å². The highest BCUT2D eigenvalue weighted by molar-refractivity contribution is 5.46. The largest absolute Gasteiger partial charge is 0.491 e. The monoisotopic (exact) mass is 312 g/mol. The summed E-state index contributed by atoms with van der Waals surface area (Å²) in [5, 5.41) is 39.2. The van der Waals surface area contributed by atoms with E-state index in [-0.39, 0.29) is 11.6 Å². The molecule has 16 nitrogen and oxygen atoms in total. The van der Waals surface area contributed by atoms with Gasteiger partial charge >= 0.3 is 23.5 Å². The zero-order valence-electron chi connectivity index (χ0n) is 10.3. The molecule has 0 saturated carbocycles. The second-order valence-corrected chi connectivity index (χ2v) is 4.01. The number of rotatable bonds is 3. The van der Waals surface area contributed by atoms with E-state index in [4.69, 9.17) is 0 Å². The van der Waals surface area contributed by atoms with E-state index in [0.29, 0.717) is 5.01 Å². The van der Waals surface area contributed by atoms with Gasteiger partial charge in [-0.25, -0.2) is 10.1 Å². The molecule has 1 aliphatic heterocycles. The number of fused-ring (bicyclic) bond motifs is 3. The Labute approximate surface area is 118 Å². The van der Waals surface area contributed by atoms with Crippen LogP contribution in [0.1, 0.15) is 0 Å². The van der Waals surface area contributed by atoms with Gasteiger partial charge in [0.25, 0.3) is 0 Å². The van der Waals surface area contributed by atoms with Crippen molar-refractivity contribution in [2.75, 3.05) is 0 Å². The SMILES string of the molecule is O=[N+]([O-])c1nc2n(n1)CN([N+](=O)[O-])Cn1nc([N+](=O)[O-])nc1-2. The molecule has 0 fully saturated rings. The van der Waals surface area contributed by atoms with Crippen molar-refractivity contribution in [2.45, 2.75) is 13.3 Å². The Morgan fingerprint density at radius 1 is 0.818 bits per heavy atom. The van der Waals surface area contributed by atoms with Gasteiger partial charge in [0.05, 0.1) is 0 Å². The molecule has 0 atom stereocenters. The van der Waals surface area contributed by atoms with Gasteiger partial charge in [-0.3, -0.25) is 0 Å². The standard InChI is InChI=1S/C6H4N10O6/c17-14(18)5-7-3-4-8-6(15(19)20)10-13(4)2-11(16(21)22)1-12(3)9-5/h1-2H2. The van der Waals surface area contributed by atoms with Crippen molar-refractivity contribution in [3.63, 3.8) is 0 Å². The smallest absolute Gasteiger partial charge is 0.390 e. The summed E-state index contributed by atoms with van der Waals surface area (Å²) in [6.07, 6.45) is 0. The van der Waals surface area contributed by atoms with E-state index in [0.717, 1.165) is 9.36 Å². The fourth-order valence-electron chi connectivity index (χ4n) is 1.80. The first-order chi connectivity index (χ1) is 10.4. The summed E-state index contributed by atoms with van der Waals surface area (Å²) in [6, 6.07) is 0. The second-order valence-electron chi connectivity index (χ2n) is 4.01. The number of nitro groups is 3. The third-order valence-electron chi connectivity index (χ3n) is 2.67. The van der Waals surface area contributed by atoms with Crippen LogP contribution in [0.15, 0.2) is 0 Å². The molecule has 114 valence electrons. The van der Waals surface area contributed by atoms with Crippen molar-refractivity contribution in [1.82, 2.24) is 34.5 Å². The first kappa shape index (κ1) is 13.3. The third-order valence-corrected chi connectivity index (χ3v) is 2.67. The summed E-state index contributed by atoms with van der Waals surface area (Å²) in [5.41, 5.74) is 0. The number of nitrogens with zero attached hydrogens (tertiary/aromatic N) is 10. The summed E-state index contributed by atoms with van der Waals surface area (Å²) in [5.74, 6) is -2.07. The Bertz CT molecular complexity index is 747. The number of hydrogen-bond acceptors (Lipinski definition) is 10. The molecule has 3 rings (SSSR count). The first-order valence-corrected chi connectivity index (χ1v) is 5.45. The van der Waals surface area contributed by atoms with E-state index in [1.54, 1.807) is 0 Å². The van der Waals surface area contributed by atoms with Gasteiger partial charge in [-0.05, 0) is 19.8 Å². The van der Waals surface area contributed by atoms with Gasteiger partial charge in [0.2, 0.25) is 0 Å². The molecule has 0 unspecified atom stereocenters. The summed E-state index contributed by atoms with van der Waals surface area (Å²) >= 11 is 0. The molecule has 0 aromatic carbocycles. The van der Waals surface area contributed by atoms with Crippen LogP contribution in [-0.4, -0.2) is 49.4 Å². The van der Waals surface area contributed by atoms with E-state index in [1.165, 1.54) is 0 Å². The van der Waals surface area contributed by atoms with Crippen LogP contribution < -0.4 is 0 Å². The first-order valence-electron chi connectivity index (χ1n) is 5.45. The van der Waals surface area contributed by atoms with E-state index in [1.807, 2.05) is 0 Å². The fraction of sp³-hybridized carbons (Fsp3) is 0.333. The van der Waals surface area contributed by atoms with Gasteiger partial charge in [-0.2, -0.15) is 0 Å². The van der Waals surface area contributed by atoms with E-state index in [2.05, 4.69) is 20.2 Å². The molecule has 0 radical (unpaired) electrons. The maximum absolute atomic E-state index is 10.9. The Morgan fingerprint density at radius 2 is 1.23 bits per heavy atom. The molecule has 0 bridgehead atoms. The van der Waals surface area contributed by atoms with E-state index >= 15 is 0 Å². The zero-order chi connectivity index (χ0) is 16.0. The van der Waals surface area contributed by atoms with Gasteiger partial charge in [-0.15, -0.1) is 9.36 Å². The van der Waals surface area contributed by atoms with Gasteiger partial charge in [-0.1, -0.05) is 5.01 Å². The van der Waals surface area contributed by atoms with Gasteiger partial charge in [0, 0.05) is 10.2 Å². The minimum absolute atomic E-state index is 0.225. The topological polar surface area (TPSA) is 194 Å². The molecular weight excluding hydrogens is 308 g/mol. The molecule has 3 heterocycles. The molecule has 2 aromatic rings. The van der Waals surface area contributed by atoms with Crippen LogP contribution >= 0.6 is 0 Å². The fourth-order valence-corrected chi connectivity index (χ4v) is 1.80.